The Morgan fingerprint density at radius 3 is 1.50 bits per heavy atom. The Morgan fingerprint density at radius 2 is 1.05 bits per heavy atom. The van der Waals surface area contributed by atoms with Crippen molar-refractivity contribution in [1.29, 1.82) is 0 Å². The molecule has 0 aromatic rings. The number of hydrogen-bond donors (Lipinski definition) is 1. The van der Waals surface area contributed by atoms with Crippen LogP contribution in [0.2, 0.25) is 0 Å². The van der Waals surface area contributed by atoms with Crippen molar-refractivity contribution in [2.24, 2.45) is 0 Å². The van der Waals surface area contributed by atoms with Crippen molar-refractivity contribution < 1.29 is 18.9 Å². The molecule has 0 heterocycles. The van der Waals surface area contributed by atoms with Gasteiger partial charge in [0.05, 0.1) is 46.2 Å². The lowest BCUT2D eigenvalue weighted by Gasteiger charge is -2.07. The monoisotopic (exact) mass is 321 g/mol. The van der Waals surface area contributed by atoms with E-state index in [2.05, 4.69) is 19.2 Å². The van der Waals surface area contributed by atoms with E-state index < -0.39 is 0 Å². The van der Waals surface area contributed by atoms with Gasteiger partial charge in [-0.15, -0.1) is 0 Å². The summed E-state index contributed by atoms with van der Waals surface area (Å²) >= 11 is 0. The molecule has 0 unspecified atom stereocenters. The summed E-state index contributed by atoms with van der Waals surface area (Å²) in [4.78, 5) is 0. The first-order valence-electron chi connectivity index (χ1n) is 8.93. The zero-order chi connectivity index (χ0) is 16.7. The van der Waals surface area contributed by atoms with Crippen LogP contribution in [0, 0.1) is 0 Å². The first-order valence-corrected chi connectivity index (χ1v) is 8.93. The average molecular weight is 322 g/mol. The molecular weight excluding hydrogens is 282 g/mol. The molecule has 0 aliphatic rings. The Balaban J connectivity index is 0. The van der Waals surface area contributed by atoms with Gasteiger partial charge in [-0.3, -0.25) is 0 Å². The van der Waals surface area contributed by atoms with E-state index in [1.54, 1.807) is 0 Å². The molecule has 0 aliphatic carbocycles. The summed E-state index contributed by atoms with van der Waals surface area (Å²) in [6.07, 6.45) is 3.62. The molecule has 0 atom stereocenters. The predicted molar refractivity (Wildman–Crippen MR) is 92.7 cm³/mol. The van der Waals surface area contributed by atoms with E-state index >= 15 is 0 Å². The summed E-state index contributed by atoms with van der Waals surface area (Å²) in [7, 11) is 0. The molecule has 22 heavy (non-hydrogen) atoms. The van der Waals surface area contributed by atoms with Crippen molar-refractivity contribution in [2.75, 3.05) is 65.9 Å². The second-order valence-electron chi connectivity index (χ2n) is 4.51. The van der Waals surface area contributed by atoms with E-state index in [1.165, 1.54) is 12.8 Å². The van der Waals surface area contributed by atoms with Gasteiger partial charge in [0, 0.05) is 13.2 Å². The summed E-state index contributed by atoms with van der Waals surface area (Å²) in [5.74, 6) is 0. The van der Waals surface area contributed by atoms with Gasteiger partial charge in [-0.2, -0.15) is 0 Å². The molecule has 0 amide bonds. The van der Waals surface area contributed by atoms with Crippen molar-refractivity contribution >= 4 is 0 Å². The van der Waals surface area contributed by atoms with E-state index in [0.717, 1.165) is 32.7 Å². The number of unbranched alkanes of at least 4 members (excludes halogenated alkanes) is 2. The van der Waals surface area contributed by atoms with Crippen LogP contribution in [0.3, 0.4) is 0 Å². The van der Waals surface area contributed by atoms with Gasteiger partial charge in [0.2, 0.25) is 0 Å². The zero-order valence-corrected chi connectivity index (χ0v) is 15.3. The van der Waals surface area contributed by atoms with Crippen LogP contribution < -0.4 is 5.32 Å². The molecule has 136 valence electrons. The van der Waals surface area contributed by atoms with Gasteiger partial charge in [0.25, 0.3) is 0 Å². The summed E-state index contributed by atoms with van der Waals surface area (Å²) in [5, 5.41) is 3.20. The Hall–Kier alpha value is -0.200. The molecule has 5 nitrogen and oxygen atoms in total. The molecule has 0 rings (SSSR count). The minimum absolute atomic E-state index is 0.617. The largest absolute Gasteiger partial charge is 0.379 e. The fourth-order valence-corrected chi connectivity index (χ4v) is 1.54. The quantitative estimate of drug-likeness (QED) is 0.417. The number of hydrogen-bond acceptors (Lipinski definition) is 5. The molecule has 0 aliphatic heterocycles. The van der Waals surface area contributed by atoms with Crippen LogP contribution in [-0.4, -0.2) is 65.9 Å². The molecule has 0 saturated carbocycles. The number of likely N-dealkylation sites (N-methyl/N-ethyl adjacent to an activating group) is 1. The van der Waals surface area contributed by atoms with Gasteiger partial charge in [-0.05, 0) is 13.0 Å². The molecule has 0 aromatic heterocycles. The zero-order valence-electron chi connectivity index (χ0n) is 15.3. The van der Waals surface area contributed by atoms with Gasteiger partial charge in [0.1, 0.15) is 0 Å². The number of ether oxygens (including phenoxy) is 4. The van der Waals surface area contributed by atoms with Crippen molar-refractivity contribution in [2.45, 2.75) is 47.0 Å². The SMILES string of the molecule is CC.CCCCCOCCOCCOCCOCCNCC. The Morgan fingerprint density at radius 1 is 0.591 bits per heavy atom. The van der Waals surface area contributed by atoms with E-state index in [1.807, 2.05) is 13.8 Å². The Labute approximate surface area is 138 Å². The van der Waals surface area contributed by atoms with E-state index in [-0.39, 0.29) is 0 Å². The van der Waals surface area contributed by atoms with Gasteiger partial charge < -0.3 is 24.3 Å². The molecule has 0 spiro atoms. The van der Waals surface area contributed by atoms with E-state index in [9.17, 15) is 0 Å². The predicted octanol–water partition coefficient (Wildman–Crippen LogP) is 2.88. The Bertz CT molecular complexity index is 153. The average Bonchev–Trinajstić information content (AvgIpc) is 2.56. The lowest BCUT2D eigenvalue weighted by atomic mass is 10.3. The van der Waals surface area contributed by atoms with Crippen LogP contribution >= 0.6 is 0 Å². The first kappa shape index (κ1) is 24.1. The summed E-state index contributed by atoms with van der Waals surface area (Å²) in [6.45, 7) is 15.6. The normalized spacial score (nSPS) is 10.4. The molecule has 0 bridgehead atoms. The standard InChI is InChI=1S/C15H33NO4.C2H6/c1-3-5-6-8-17-10-12-19-14-15-20-13-11-18-9-7-16-4-2;1-2/h16H,3-15H2,1-2H3;1-2H3. The molecule has 0 radical (unpaired) electrons. The number of rotatable bonds is 17. The maximum atomic E-state index is 5.44. The highest BCUT2D eigenvalue weighted by atomic mass is 16.6. The van der Waals surface area contributed by atoms with Crippen molar-refractivity contribution in [3.8, 4) is 0 Å². The molecular formula is C17H39NO4. The fourth-order valence-electron chi connectivity index (χ4n) is 1.54. The van der Waals surface area contributed by atoms with Gasteiger partial charge in [-0.25, -0.2) is 0 Å². The molecule has 1 N–H and O–H groups in total. The maximum Gasteiger partial charge on any atom is 0.0701 e. The van der Waals surface area contributed by atoms with Crippen LogP contribution in [0.15, 0.2) is 0 Å². The highest BCUT2D eigenvalue weighted by Gasteiger charge is 1.92. The van der Waals surface area contributed by atoms with Crippen molar-refractivity contribution in [1.82, 2.24) is 5.32 Å². The lowest BCUT2D eigenvalue weighted by Crippen LogP contribution is -2.20. The fraction of sp³-hybridized carbons (Fsp3) is 1.00. The maximum absolute atomic E-state index is 5.44. The van der Waals surface area contributed by atoms with Crippen molar-refractivity contribution in [3.05, 3.63) is 0 Å². The van der Waals surface area contributed by atoms with Gasteiger partial charge in [0.15, 0.2) is 0 Å². The lowest BCUT2D eigenvalue weighted by molar-refractivity contribution is -0.00174. The minimum atomic E-state index is 0.617. The van der Waals surface area contributed by atoms with E-state index in [4.69, 9.17) is 18.9 Å². The summed E-state index contributed by atoms with van der Waals surface area (Å²) in [5.41, 5.74) is 0. The molecule has 0 aromatic carbocycles. The molecule has 5 heteroatoms. The minimum Gasteiger partial charge on any atom is -0.379 e. The number of nitrogens with one attached hydrogen (secondary N) is 1. The topological polar surface area (TPSA) is 49.0 Å². The van der Waals surface area contributed by atoms with Crippen LogP contribution in [0.4, 0.5) is 0 Å². The smallest absolute Gasteiger partial charge is 0.0701 e. The van der Waals surface area contributed by atoms with Crippen LogP contribution in [-0.2, 0) is 18.9 Å². The van der Waals surface area contributed by atoms with Crippen LogP contribution in [0.25, 0.3) is 0 Å². The third kappa shape index (κ3) is 24.8. The van der Waals surface area contributed by atoms with Crippen molar-refractivity contribution in [3.63, 3.8) is 0 Å². The summed E-state index contributed by atoms with van der Waals surface area (Å²) < 4.78 is 21.6. The third-order valence-corrected chi connectivity index (χ3v) is 2.68. The van der Waals surface area contributed by atoms with Gasteiger partial charge in [-0.1, -0.05) is 40.5 Å². The third-order valence-electron chi connectivity index (χ3n) is 2.68. The second kappa shape index (κ2) is 25.7. The highest BCUT2D eigenvalue weighted by molar-refractivity contribution is 4.40. The van der Waals surface area contributed by atoms with E-state index in [0.29, 0.717) is 39.6 Å². The second-order valence-corrected chi connectivity index (χ2v) is 4.51. The van der Waals surface area contributed by atoms with Gasteiger partial charge >= 0.3 is 0 Å². The highest BCUT2D eigenvalue weighted by Crippen LogP contribution is 1.93. The van der Waals surface area contributed by atoms with Crippen LogP contribution in [0.5, 0.6) is 0 Å². The molecule has 0 saturated heterocycles. The van der Waals surface area contributed by atoms with Crippen LogP contribution in [0.1, 0.15) is 47.0 Å². The Kier molecular flexibility index (Phi) is 28.1. The molecule has 0 fully saturated rings. The summed E-state index contributed by atoms with van der Waals surface area (Å²) in [6, 6.07) is 0. The first-order chi connectivity index (χ1) is 10.9.